The zero-order valence-corrected chi connectivity index (χ0v) is 10.4. The Morgan fingerprint density at radius 3 is 2.65 bits per heavy atom. The number of rotatable bonds is 1. The van der Waals surface area contributed by atoms with Gasteiger partial charge in [0.15, 0.2) is 0 Å². The van der Waals surface area contributed by atoms with Crippen LogP contribution in [0.25, 0.3) is 16.9 Å². The van der Waals surface area contributed by atoms with Crippen molar-refractivity contribution in [2.24, 2.45) is 0 Å². The van der Waals surface area contributed by atoms with Crippen LogP contribution < -0.4 is 5.56 Å². The number of fused-ring (bicyclic) bond motifs is 1. The third kappa shape index (κ3) is 1.70. The highest BCUT2D eigenvalue weighted by Gasteiger charge is 2.06. The van der Waals surface area contributed by atoms with Crippen LogP contribution in [0, 0.1) is 0 Å². The number of H-pyrrole nitrogens is 1. The van der Waals surface area contributed by atoms with Gasteiger partial charge < -0.3 is 4.98 Å². The Morgan fingerprint density at radius 2 is 1.88 bits per heavy atom. The van der Waals surface area contributed by atoms with Crippen molar-refractivity contribution in [2.75, 3.05) is 0 Å². The molecule has 3 aromatic rings. The highest BCUT2D eigenvalue weighted by atomic mass is 79.9. The monoisotopic (exact) mass is 288 g/mol. The number of pyridine rings is 1. The molecule has 0 radical (unpaired) electrons. The topological polar surface area (TPSA) is 37.3 Å². The van der Waals surface area contributed by atoms with E-state index in [2.05, 4.69) is 20.9 Å². The van der Waals surface area contributed by atoms with Crippen molar-refractivity contribution >= 4 is 21.6 Å². The van der Waals surface area contributed by atoms with Gasteiger partial charge >= 0.3 is 0 Å². The van der Waals surface area contributed by atoms with Crippen LogP contribution in [0.5, 0.6) is 0 Å². The summed E-state index contributed by atoms with van der Waals surface area (Å²) in [5.74, 6) is 0. The van der Waals surface area contributed by atoms with Crippen molar-refractivity contribution in [1.82, 2.24) is 9.38 Å². The number of hydrogen-bond acceptors (Lipinski definition) is 1. The van der Waals surface area contributed by atoms with E-state index in [1.165, 1.54) is 0 Å². The second-order valence-electron chi connectivity index (χ2n) is 3.77. The summed E-state index contributed by atoms with van der Waals surface area (Å²) in [5, 5.41) is 0. The normalized spacial score (nSPS) is 10.9. The molecule has 84 valence electrons. The van der Waals surface area contributed by atoms with E-state index in [-0.39, 0.29) is 5.56 Å². The molecule has 0 aliphatic heterocycles. The number of aromatic nitrogens is 2. The Bertz CT molecular complexity index is 742. The van der Waals surface area contributed by atoms with E-state index in [1.54, 1.807) is 16.5 Å². The fourth-order valence-corrected chi connectivity index (χ4v) is 2.35. The van der Waals surface area contributed by atoms with Gasteiger partial charge in [0.1, 0.15) is 5.65 Å². The minimum atomic E-state index is -0.0305. The molecule has 0 aliphatic rings. The molecule has 2 aromatic heterocycles. The van der Waals surface area contributed by atoms with Crippen LogP contribution >= 0.6 is 15.9 Å². The SMILES string of the molecule is O=c1cccc2[nH]c(-c3ccccc3Br)cn12. The average molecular weight is 289 g/mol. The lowest BCUT2D eigenvalue weighted by molar-refractivity contribution is 1.11. The number of nitrogens with zero attached hydrogens (tertiary/aromatic N) is 1. The smallest absolute Gasteiger partial charge is 0.256 e. The van der Waals surface area contributed by atoms with Gasteiger partial charge in [-0.25, -0.2) is 0 Å². The van der Waals surface area contributed by atoms with E-state index in [9.17, 15) is 4.79 Å². The molecule has 0 atom stereocenters. The van der Waals surface area contributed by atoms with Gasteiger partial charge in [-0.1, -0.05) is 40.2 Å². The number of hydrogen-bond donors (Lipinski definition) is 1. The lowest BCUT2D eigenvalue weighted by atomic mass is 10.2. The summed E-state index contributed by atoms with van der Waals surface area (Å²) in [6.07, 6.45) is 1.82. The predicted molar refractivity (Wildman–Crippen MR) is 71.2 cm³/mol. The third-order valence-corrected chi connectivity index (χ3v) is 3.37. The Hall–Kier alpha value is -1.81. The van der Waals surface area contributed by atoms with Gasteiger partial charge in [0.25, 0.3) is 5.56 Å². The molecule has 0 amide bonds. The molecule has 0 aliphatic carbocycles. The second kappa shape index (κ2) is 3.89. The second-order valence-corrected chi connectivity index (χ2v) is 4.62. The van der Waals surface area contributed by atoms with Crippen molar-refractivity contribution in [1.29, 1.82) is 0 Å². The van der Waals surface area contributed by atoms with Crippen LogP contribution in [-0.2, 0) is 0 Å². The summed E-state index contributed by atoms with van der Waals surface area (Å²) >= 11 is 3.50. The molecule has 0 bridgehead atoms. The quantitative estimate of drug-likeness (QED) is 0.734. The Labute approximate surface area is 106 Å². The summed E-state index contributed by atoms with van der Waals surface area (Å²) in [7, 11) is 0. The van der Waals surface area contributed by atoms with Crippen molar-refractivity contribution < 1.29 is 0 Å². The number of aromatic amines is 1. The summed E-state index contributed by atoms with van der Waals surface area (Å²) in [4.78, 5) is 14.9. The first-order valence-corrected chi connectivity index (χ1v) is 6.00. The van der Waals surface area contributed by atoms with Gasteiger partial charge in [-0.2, -0.15) is 0 Å². The third-order valence-electron chi connectivity index (χ3n) is 2.67. The van der Waals surface area contributed by atoms with Crippen LogP contribution in [0.1, 0.15) is 0 Å². The fraction of sp³-hybridized carbons (Fsp3) is 0. The summed E-state index contributed by atoms with van der Waals surface area (Å²) in [5.41, 5.74) is 2.72. The van der Waals surface area contributed by atoms with Crippen LogP contribution in [0.3, 0.4) is 0 Å². The van der Waals surface area contributed by atoms with Crippen LogP contribution in [0.2, 0.25) is 0 Å². The van der Waals surface area contributed by atoms with E-state index in [0.29, 0.717) is 0 Å². The minimum Gasteiger partial charge on any atom is -0.340 e. The molecule has 2 heterocycles. The lowest BCUT2D eigenvalue weighted by Crippen LogP contribution is -2.08. The predicted octanol–water partition coefficient (Wildman–Crippen LogP) is 3.06. The Kier molecular flexibility index (Phi) is 2.37. The molecule has 3 nitrogen and oxygen atoms in total. The van der Waals surface area contributed by atoms with Gasteiger partial charge in [-0.05, 0) is 12.1 Å². The first-order valence-electron chi connectivity index (χ1n) is 5.21. The fourth-order valence-electron chi connectivity index (χ4n) is 1.85. The van der Waals surface area contributed by atoms with Gasteiger partial charge in [0, 0.05) is 22.3 Å². The van der Waals surface area contributed by atoms with E-state index >= 15 is 0 Å². The maximum atomic E-state index is 11.6. The number of imidazole rings is 1. The van der Waals surface area contributed by atoms with Crippen LogP contribution in [0.4, 0.5) is 0 Å². The largest absolute Gasteiger partial charge is 0.340 e. The van der Waals surface area contributed by atoms with Crippen molar-refractivity contribution in [3.8, 4) is 11.3 Å². The molecule has 0 saturated carbocycles. The van der Waals surface area contributed by atoms with E-state index in [4.69, 9.17) is 0 Å². The lowest BCUT2D eigenvalue weighted by Gasteiger charge is -1.99. The molecule has 0 saturated heterocycles. The molecular weight excluding hydrogens is 280 g/mol. The molecule has 0 fully saturated rings. The van der Waals surface area contributed by atoms with E-state index in [0.717, 1.165) is 21.4 Å². The maximum Gasteiger partial charge on any atom is 0.256 e. The van der Waals surface area contributed by atoms with Gasteiger partial charge in [0.05, 0.1) is 5.69 Å². The highest BCUT2D eigenvalue weighted by Crippen LogP contribution is 2.26. The van der Waals surface area contributed by atoms with Crippen LogP contribution in [0.15, 0.2) is 57.9 Å². The van der Waals surface area contributed by atoms with Gasteiger partial charge in [-0.3, -0.25) is 9.20 Å². The molecule has 1 N–H and O–H groups in total. The van der Waals surface area contributed by atoms with Crippen molar-refractivity contribution in [3.63, 3.8) is 0 Å². The van der Waals surface area contributed by atoms with Crippen LogP contribution in [-0.4, -0.2) is 9.38 Å². The molecule has 4 heteroatoms. The number of benzene rings is 1. The molecule has 3 rings (SSSR count). The van der Waals surface area contributed by atoms with Crippen molar-refractivity contribution in [3.05, 3.63) is 63.5 Å². The molecular formula is C13H9BrN2O. The summed E-state index contributed by atoms with van der Waals surface area (Å²) in [6.45, 7) is 0. The number of halogens is 1. The van der Waals surface area contributed by atoms with Crippen molar-refractivity contribution in [2.45, 2.75) is 0 Å². The summed E-state index contributed by atoms with van der Waals surface area (Å²) in [6, 6.07) is 13.1. The van der Waals surface area contributed by atoms with E-state index < -0.39 is 0 Å². The van der Waals surface area contributed by atoms with Gasteiger partial charge in [0.2, 0.25) is 0 Å². The average Bonchev–Trinajstić information content (AvgIpc) is 2.75. The summed E-state index contributed by atoms with van der Waals surface area (Å²) < 4.78 is 2.61. The first-order chi connectivity index (χ1) is 8.25. The Morgan fingerprint density at radius 1 is 1.06 bits per heavy atom. The molecule has 0 spiro atoms. The molecule has 17 heavy (non-hydrogen) atoms. The first kappa shape index (κ1) is 10.4. The standard InChI is InChI=1S/C13H9BrN2O/c14-10-5-2-1-4-9(10)11-8-16-12(15-11)6-3-7-13(16)17/h1-8,15H. The Balaban J connectivity index is 2.30. The minimum absolute atomic E-state index is 0.0305. The van der Waals surface area contributed by atoms with Gasteiger partial charge in [-0.15, -0.1) is 0 Å². The zero-order chi connectivity index (χ0) is 11.8. The van der Waals surface area contributed by atoms with E-state index in [1.807, 2.05) is 36.5 Å². The zero-order valence-electron chi connectivity index (χ0n) is 8.85. The maximum absolute atomic E-state index is 11.6. The number of nitrogens with one attached hydrogen (secondary N) is 1. The molecule has 1 aromatic carbocycles. The highest BCUT2D eigenvalue weighted by molar-refractivity contribution is 9.10. The molecule has 0 unspecified atom stereocenters.